The van der Waals surface area contributed by atoms with Gasteiger partial charge in [0.05, 0.1) is 13.2 Å². The first-order chi connectivity index (χ1) is 8.33. The number of ketones is 2. The molecule has 0 fully saturated rings. The fourth-order valence-electron chi connectivity index (χ4n) is 0.831. The fraction of sp³-hybridized carbons (Fsp3) is 0.667. The zero-order chi connectivity index (χ0) is 14.6. The van der Waals surface area contributed by atoms with Gasteiger partial charge in [0.15, 0.2) is 0 Å². The minimum Gasteiger partial charge on any atom is -0.466 e. The van der Waals surface area contributed by atoms with Crippen molar-refractivity contribution in [3.8, 4) is 0 Å². The molecule has 0 atom stereocenters. The van der Waals surface area contributed by atoms with E-state index < -0.39 is 11.9 Å². The molecule has 0 aliphatic rings. The molecule has 0 rings (SSSR count). The molecular weight excluding hydrogens is 299 g/mol. The Morgan fingerprint density at radius 1 is 0.737 bits per heavy atom. The molecule has 111 valence electrons. The van der Waals surface area contributed by atoms with E-state index in [9.17, 15) is 19.2 Å². The molecule has 0 aromatic rings. The molecule has 0 aliphatic heterocycles. The van der Waals surface area contributed by atoms with Gasteiger partial charge < -0.3 is 9.47 Å². The van der Waals surface area contributed by atoms with Gasteiger partial charge in [0.25, 0.3) is 0 Å². The standard InChI is InChI=1S/2C6H10O3.Co/c2*1-3-9-6(8)4-5(2)7;/h2*3-4H2,1-2H3;/q;;+2. The molecule has 0 N–H and O–H groups in total. The van der Waals surface area contributed by atoms with Gasteiger partial charge in [-0.25, -0.2) is 0 Å². The summed E-state index contributed by atoms with van der Waals surface area (Å²) in [7, 11) is 0. The summed E-state index contributed by atoms with van der Waals surface area (Å²) in [6.45, 7) is 6.81. The minimum absolute atomic E-state index is 0. The average molecular weight is 319 g/mol. The largest absolute Gasteiger partial charge is 2.00 e. The third kappa shape index (κ3) is 22.4. The number of Topliss-reactive ketones (excluding diaryl/α,β-unsaturated/α-hetero) is 2. The number of rotatable bonds is 6. The Labute approximate surface area is 123 Å². The molecule has 0 heterocycles. The molecule has 19 heavy (non-hydrogen) atoms. The zero-order valence-electron chi connectivity index (χ0n) is 11.6. The van der Waals surface area contributed by atoms with Crippen LogP contribution in [0.4, 0.5) is 0 Å². The normalized spacial score (nSPS) is 8.21. The molecule has 0 saturated carbocycles. The van der Waals surface area contributed by atoms with E-state index in [4.69, 9.17) is 0 Å². The number of hydrogen-bond acceptors (Lipinski definition) is 6. The van der Waals surface area contributed by atoms with Crippen molar-refractivity contribution in [1.29, 1.82) is 0 Å². The van der Waals surface area contributed by atoms with Crippen molar-refractivity contribution in [3.63, 3.8) is 0 Å². The fourth-order valence-corrected chi connectivity index (χ4v) is 0.831. The van der Waals surface area contributed by atoms with Gasteiger partial charge in [-0.3, -0.25) is 19.2 Å². The Morgan fingerprint density at radius 3 is 1.16 bits per heavy atom. The summed E-state index contributed by atoms with van der Waals surface area (Å²) in [5.41, 5.74) is 0. The molecule has 0 spiro atoms. The van der Waals surface area contributed by atoms with Crippen LogP contribution in [0.25, 0.3) is 0 Å². The topological polar surface area (TPSA) is 86.7 Å². The van der Waals surface area contributed by atoms with Crippen molar-refractivity contribution >= 4 is 23.5 Å². The summed E-state index contributed by atoms with van der Waals surface area (Å²) in [4.78, 5) is 41.3. The molecule has 7 heteroatoms. The maximum Gasteiger partial charge on any atom is 2.00 e. The summed E-state index contributed by atoms with van der Waals surface area (Å²) < 4.78 is 8.99. The molecule has 0 aromatic heterocycles. The third-order valence-corrected chi connectivity index (χ3v) is 1.40. The second-order valence-electron chi connectivity index (χ2n) is 3.37. The molecule has 0 bridgehead atoms. The summed E-state index contributed by atoms with van der Waals surface area (Å²) >= 11 is 0. The van der Waals surface area contributed by atoms with Gasteiger partial charge in [0.1, 0.15) is 24.4 Å². The predicted molar refractivity (Wildman–Crippen MR) is 63.9 cm³/mol. The summed E-state index contributed by atoms with van der Waals surface area (Å²) in [6.07, 6.45) is -0.207. The van der Waals surface area contributed by atoms with E-state index in [1.165, 1.54) is 13.8 Å². The van der Waals surface area contributed by atoms with Crippen LogP contribution in [0.5, 0.6) is 0 Å². The number of ether oxygens (including phenoxy) is 2. The van der Waals surface area contributed by atoms with E-state index in [0.29, 0.717) is 13.2 Å². The van der Waals surface area contributed by atoms with Crippen LogP contribution in [0.2, 0.25) is 0 Å². The first-order valence-electron chi connectivity index (χ1n) is 5.63. The van der Waals surface area contributed by atoms with Crippen LogP contribution < -0.4 is 0 Å². The number of hydrogen-bond donors (Lipinski definition) is 0. The Kier molecular flexibility index (Phi) is 17.9. The predicted octanol–water partition coefficient (Wildman–Crippen LogP) is 1.05. The van der Waals surface area contributed by atoms with E-state index in [1.807, 2.05) is 0 Å². The van der Waals surface area contributed by atoms with Crippen LogP contribution >= 0.6 is 0 Å². The van der Waals surface area contributed by atoms with Crippen molar-refractivity contribution < 1.29 is 45.4 Å². The minimum atomic E-state index is -0.440. The first-order valence-corrected chi connectivity index (χ1v) is 5.63. The Balaban J connectivity index is -0.000000256. The maximum atomic E-state index is 10.4. The van der Waals surface area contributed by atoms with Crippen molar-refractivity contribution in [3.05, 3.63) is 0 Å². The SMILES string of the molecule is CCOC(=O)CC(C)=O.CCOC(=O)CC(C)=O.[Co+2]. The van der Waals surface area contributed by atoms with Crippen molar-refractivity contribution in [1.82, 2.24) is 0 Å². The van der Waals surface area contributed by atoms with E-state index in [-0.39, 0.29) is 41.2 Å². The number of esters is 2. The second-order valence-corrected chi connectivity index (χ2v) is 3.37. The van der Waals surface area contributed by atoms with E-state index in [2.05, 4.69) is 9.47 Å². The Hall–Kier alpha value is -1.21. The van der Waals surface area contributed by atoms with Gasteiger partial charge in [0.2, 0.25) is 0 Å². The van der Waals surface area contributed by atoms with Crippen LogP contribution in [0.15, 0.2) is 0 Å². The van der Waals surface area contributed by atoms with Crippen LogP contribution in [0.1, 0.15) is 40.5 Å². The summed E-state index contributed by atoms with van der Waals surface area (Å²) in [5.74, 6) is -1.20. The molecule has 6 nitrogen and oxygen atoms in total. The quantitative estimate of drug-likeness (QED) is 0.537. The molecule has 0 aliphatic carbocycles. The van der Waals surface area contributed by atoms with Gasteiger partial charge in [-0.1, -0.05) is 0 Å². The second kappa shape index (κ2) is 14.8. The van der Waals surface area contributed by atoms with E-state index in [1.54, 1.807) is 13.8 Å². The Bertz CT molecular complexity index is 271. The van der Waals surface area contributed by atoms with Gasteiger partial charge in [0, 0.05) is 0 Å². The number of carbonyl (C=O) groups excluding carboxylic acids is 4. The molecule has 0 amide bonds. The van der Waals surface area contributed by atoms with E-state index >= 15 is 0 Å². The van der Waals surface area contributed by atoms with Gasteiger partial charge in [-0.05, 0) is 27.7 Å². The smallest absolute Gasteiger partial charge is 0.466 e. The molecule has 0 aromatic carbocycles. The van der Waals surface area contributed by atoms with Gasteiger partial charge in [-0.2, -0.15) is 0 Å². The van der Waals surface area contributed by atoms with Crippen LogP contribution in [-0.2, 0) is 45.4 Å². The molecule has 1 radical (unpaired) electrons. The van der Waals surface area contributed by atoms with Crippen molar-refractivity contribution in [2.24, 2.45) is 0 Å². The summed E-state index contributed by atoms with van der Waals surface area (Å²) in [5, 5.41) is 0. The van der Waals surface area contributed by atoms with Crippen LogP contribution in [-0.4, -0.2) is 36.7 Å². The van der Waals surface area contributed by atoms with Crippen molar-refractivity contribution in [2.45, 2.75) is 40.5 Å². The zero-order valence-corrected chi connectivity index (χ0v) is 12.7. The average Bonchev–Trinajstić information content (AvgIpc) is 2.16. The number of carbonyl (C=O) groups is 4. The van der Waals surface area contributed by atoms with Gasteiger partial charge >= 0.3 is 28.7 Å². The van der Waals surface area contributed by atoms with Crippen LogP contribution in [0.3, 0.4) is 0 Å². The Morgan fingerprint density at radius 2 is 1.00 bits per heavy atom. The maximum absolute atomic E-state index is 10.4. The molecule has 0 saturated heterocycles. The monoisotopic (exact) mass is 319 g/mol. The molecule has 0 unspecified atom stereocenters. The van der Waals surface area contributed by atoms with Gasteiger partial charge in [-0.15, -0.1) is 0 Å². The first kappa shape index (κ1) is 22.9. The van der Waals surface area contributed by atoms with Crippen molar-refractivity contribution in [2.75, 3.05) is 13.2 Å². The van der Waals surface area contributed by atoms with Crippen LogP contribution in [0, 0.1) is 0 Å². The third-order valence-electron chi connectivity index (χ3n) is 1.40. The molecular formula is C12H20CoO6+2. The van der Waals surface area contributed by atoms with E-state index in [0.717, 1.165) is 0 Å². The summed E-state index contributed by atoms with van der Waals surface area (Å²) in [6, 6.07) is 0.